The van der Waals surface area contributed by atoms with Gasteiger partial charge in [0.05, 0.1) is 11.6 Å². The van der Waals surface area contributed by atoms with Crippen LogP contribution in [-0.4, -0.2) is 6.04 Å². The lowest BCUT2D eigenvalue weighted by Crippen LogP contribution is -2.15. The van der Waals surface area contributed by atoms with E-state index in [2.05, 4.69) is 26.1 Å². The molecule has 1 N–H and O–H groups in total. The van der Waals surface area contributed by atoms with E-state index in [0.717, 1.165) is 18.8 Å². The van der Waals surface area contributed by atoms with Gasteiger partial charge in [0.25, 0.3) is 0 Å². The van der Waals surface area contributed by atoms with E-state index in [4.69, 9.17) is 5.26 Å². The first kappa shape index (κ1) is 14.5. The van der Waals surface area contributed by atoms with Crippen LogP contribution in [0.25, 0.3) is 0 Å². The fourth-order valence-electron chi connectivity index (χ4n) is 1.93. The quantitative estimate of drug-likeness (QED) is 0.813. The molecule has 0 aliphatic carbocycles. The molecule has 1 atom stereocenters. The van der Waals surface area contributed by atoms with Crippen LogP contribution in [0.1, 0.15) is 45.6 Å². The summed E-state index contributed by atoms with van der Waals surface area (Å²) in [6.07, 6.45) is 3.42. The smallest absolute Gasteiger partial charge is 0.126 e. The normalized spacial score (nSPS) is 12.2. The van der Waals surface area contributed by atoms with Gasteiger partial charge in [0.1, 0.15) is 5.82 Å². The largest absolute Gasteiger partial charge is 0.382 e. The zero-order valence-electron chi connectivity index (χ0n) is 11.3. The standard InChI is InChI=1S/C15H21FN2/c1-11(2)5-4-6-12(3)18-15-8-13(10-17)7-14(16)9-15/h7-9,11-12,18H,4-6H2,1-3H3. The minimum absolute atomic E-state index is 0.289. The second kappa shape index (κ2) is 7.00. The topological polar surface area (TPSA) is 35.8 Å². The maximum atomic E-state index is 13.2. The van der Waals surface area contributed by atoms with Crippen LogP contribution in [0.3, 0.4) is 0 Å². The molecular formula is C15H21FN2. The molecule has 0 fully saturated rings. The number of halogens is 1. The molecule has 98 valence electrons. The molecule has 3 heteroatoms. The number of hydrogen-bond acceptors (Lipinski definition) is 2. The minimum Gasteiger partial charge on any atom is -0.382 e. The van der Waals surface area contributed by atoms with Gasteiger partial charge in [0.2, 0.25) is 0 Å². The van der Waals surface area contributed by atoms with Crippen LogP contribution in [0.2, 0.25) is 0 Å². The molecule has 0 aromatic heterocycles. The van der Waals surface area contributed by atoms with E-state index < -0.39 is 0 Å². The third-order valence-electron chi connectivity index (χ3n) is 2.86. The third-order valence-corrected chi connectivity index (χ3v) is 2.86. The highest BCUT2D eigenvalue weighted by molar-refractivity contribution is 5.50. The van der Waals surface area contributed by atoms with Crippen LogP contribution >= 0.6 is 0 Å². The molecule has 0 saturated carbocycles. The van der Waals surface area contributed by atoms with Crippen molar-refractivity contribution in [2.45, 2.75) is 46.1 Å². The predicted molar refractivity (Wildman–Crippen MR) is 72.9 cm³/mol. The SMILES string of the molecule is CC(C)CCCC(C)Nc1cc(F)cc(C#N)c1. The van der Waals surface area contributed by atoms with E-state index in [0.29, 0.717) is 11.3 Å². The highest BCUT2D eigenvalue weighted by atomic mass is 19.1. The van der Waals surface area contributed by atoms with Gasteiger partial charge in [-0.3, -0.25) is 0 Å². The minimum atomic E-state index is -0.370. The van der Waals surface area contributed by atoms with Gasteiger partial charge in [0.15, 0.2) is 0 Å². The molecule has 2 nitrogen and oxygen atoms in total. The first-order valence-electron chi connectivity index (χ1n) is 6.48. The Kier molecular flexibility index (Phi) is 5.64. The Hall–Kier alpha value is -1.56. The van der Waals surface area contributed by atoms with Crippen LogP contribution < -0.4 is 5.32 Å². The number of benzene rings is 1. The highest BCUT2D eigenvalue weighted by Crippen LogP contribution is 2.16. The molecular weight excluding hydrogens is 227 g/mol. The Bertz CT molecular complexity index is 421. The Labute approximate surface area is 109 Å². The number of nitrogens with one attached hydrogen (secondary N) is 1. The Morgan fingerprint density at radius 2 is 1.94 bits per heavy atom. The Morgan fingerprint density at radius 1 is 1.22 bits per heavy atom. The molecule has 0 heterocycles. The van der Waals surface area contributed by atoms with Crippen molar-refractivity contribution < 1.29 is 4.39 Å². The van der Waals surface area contributed by atoms with E-state index in [-0.39, 0.29) is 11.9 Å². The van der Waals surface area contributed by atoms with Crippen LogP contribution in [0.15, 0.2) is 18.2 Å². The fourth-order valence-corrected chi connectivity index (χ4v) is 1.93. The zero-order chi connectivity index (χ0) is 13.5. The van der Waals surface area contributed by atoms with Gasteiger partial charge in [-0.15, -0.1) is 0 Å². The zero-order valence-corrected chi connectivity index (χ0v) is 11.3. The summed E-state index contributed by atoms with van der Waals surface area (Å²) >= 11 is 0. The molecule has 1 rings (SSSR count). The molecule has 0 bridgehead atoms. The van der Waals surface area contributed by atoms with Gasteiger partial charge in [-0.2, -0.15) is 5.26 Å². The Balaban J connectivity index is 2.51. The molecule has 0 spiro atoms. The number of rotatable bonds is 6. The number of anilines is 1. The van der Waals surface area contributed by atoms with Crippen molar-refractivity contribution in [3.63, 3.8) is 0 Å². The average molecular weight is 248 g/mol. The predicted octanol–water partition coefficient (Wildman–Crippen LogP) is 4.32. The van der Waals surface area contributed by atoms with E-state index in [1.807, 2.05) is 6.07 Å². The molecule has 0 aliphatic rings. The first-order valence-corrected chi connectivity index (χ1v) is 6.48. The molecule has 1 aromatic carbocycles. The highest BCUT2D eigenvalue weighted by Gasteiger charge is 2.05. The number of hydrogen-bond donors (Lipinski definition) is 1. The van der Waals surface area contributed by atoms with Gasteiger partial charge in [-0.25, -0.2) is 4.39 Å². The van der Waals surface area contributed by atoms with Crippen LogP contribution in [0.4, 0.5) is 10.1 Å². The number of nitriles is 1. The van der Waals surface area contributed by atoms with Crippen molar-refractivity contribution in [2.75, 3.05) is 5.32 Å². The summed E-state index contributed by atoms with van der Waals surface area (Å²) < 4.78 is 13.2. The van der Waals surface area contributed by atoms with Crippen molar-refractivity contribution in [1.29, 1.82) is 5.26 Å². The van der Waals surface area contributed by atoms with Gasteiger partial charge in [-0.05, 0) is 37.5 Å². The summed E-state index contributed by atoms with van der Waals surface area (Å²) in [5.74, 6) is 0.350. The molecule has 0 aliphatic heterocycles. The van der Waals surface area contributed by atoms with Crippen molar-refractivity contribution in [3.8, 4) is 6.07 Å². The van der Waals surface area contributed by atoms with E-state index in [9.17, 15) is 4.39 Å². The van der Waals surface area contributed by atoms with Gasteiger partial charge in [-0.1, -0.05) is 26.7 Å². The molecule has 0 radical (unpaired) electrons. The molecule has 1 unspecified atom stereocenters. The molecule has 0 saturated heterocycles. The second-order valence-corrected chi connectivity index (χ2v) is 5.21. The van der Waals surface area contributed by atoms with Crippen LogP contribution in [-0.2, 0) is 0 Å². The summed E-state index contributed by atoms with van der Waals surface area (Å²) in [7, 11) is 0. The Morgan fingerprint density at radius 3 is 2.56 bits per heavy atom. The molecule has 1 aromatic rings. The maximum absolute atomic E-state index is 13.2. The van der Waals surface area contributed by atoms with Crippen LogP contribution in [0.5, 0.6) is 0 Å². The maximum Gasteiger partial charge on any atom is 0.126 e. The monoisotopic (exact) mass is 248 g/mol. The van der Waals surface area contributed by atoms with Gasteiger partial charge >= 0.3 is 0 Å². The summed E-state index contributed by atoms with van der Waals surface area (Å²) in [5.41, 5.74) is 1.04. The molecule has 18 heavy (non-hydrogen) atoms. The van der Waals surface area contributed by atoms with Crippen LogP contribution in [0, 0.1) is 23.1 Å². The average Bonchev–Trinajstić information content (AvgIpc) is 2.27. The summed E-state index contributed by atoms with van der Waals surface area (Å²) in [4.78, 5) is 0. The van der Waals surface area contributed by atoms with Crippen molar-refractivity contribution in [2.24, 2.45) is 5.92 Å². The lowest BCUT2D eigenvalue weighted by Gasteiger charge is -2.16. The fraction of sp³-hybridized carbons (Fsp3) is 0.533. The van der Waals surface area contributed by atoms with Gasteiger partial charge < -0.3 is 5.32 Å². The van der Waals surface area contributed by atoms with Crippen molar-refractivity contribution in [3.05, 3.63) is 29.6 Å². The molecule has 0 amide bonds. The second-order valence-electron chi connectivity index (χ2n) is 5.21. The van der Waals surface area contributed by atoms with E-state index in [1.165, 1.54) is 18.6 Å². The van der Waals surface area contributed by atoms with E-state index >= 15 is 0 Å². The third kappa shape index (κ3) is 5.18. The lowest BCUT2D eigenvalue weighted by molar-refractivity contribution is 0.520. The summed E-state index contributed by atoms with van der Waals surface area (Å²) in [6.45, 7) is 6.50. The van der Waals surface area contributed by atoms with Gasteiger partial charge in [0, 0.05) is 11.7 Å². The van der Waals surface area contributed by atoms with Crippen molar-refractivity contribution >= 4 is 5.69 Å². The summed E-state index contributed by atoms with van der Waals surface area (Å²) in [5, 5.41) is 12.0. The first-order chi connectivity index (χ1) is 8.51. The lowest BCUT2D eigenvalue weighted by atomic mass is 10.0. The van der Waals surface area contributed by atoms with E-state index in [1.54, 1.807) is 6.07 Å². The van der Waals surface area contributed by atoms with Crippen molar-refractivity contribution in [1.82, 2.24) is 0 Å². The number of nitrogens with zero attached hydrogens (tertiary/aromatic N) is 1. The summed E-state index contributed by atoms with van der Waals surface area (Å²) in [6, 6.07) is 6.61.